The average Bonchev–Trinajstić information content (AvgIpc) is 3.27. The highest BCUT2D eigenvalue weighted by atomic mass is 16.6. The Morgan fingerprint density at radius 3 is 2.47 bits per heavy atom. The Kier molecular flexibility index (Phi) is 5.66. The Labute approximate surface area is 214 Å². The van der Waals surface area contributed by atoms with E-state index in [9.17, 15) is 24.9 Å². The van der Waals surface area contributed by atoms with E-state index in [1.165, 1.54) is 0 Å². The van der Waals surface area contributed by atoms with Crippen molar-refractivity contribution in [1.29, 1.82) is 0 Å². The summed E-state index contributed by atoms with van der Waals surface area (Å²) >= 11 is 0. The molecule has 1 spiro atoms. The number of ether oxygens (including phenoxy) is 1. The van der Waals surface area contributed by atoms with Crippen LogP contribution in [0.4, 0.5) is 0 Å². The highest BCUT2D eigenvalue weighted by Gasteiger charge is 2.76. The lowest BCUT2D eigenvalue weighted by molar-refractivity contribution is -0.202. The molecule has 0 aromatic carbocycles. The van der Waals surface area contributed by atoms with Gasteiger partial charge < -0.3 is 20.1 Å². The summed E-state index contributed by atoms with van der Waals surface area (Å²) in [6.45, 7) is 13.6. The zero-order chi connectivity index (χ0) is 26.6. The molecule has 6 heteroatoms. The van der Waals surface area contributed by atoms with Crippen LogP contribution in [0.25, 0.3) is 0 Å². The molecule has 5 rings (SSSR count). The first-order valence-electron chi connectivity index (χ1n) is 13.5. The largest absolute Gasteiger partial charge is 0.451 e. The van der Waals surface area contributed by atoms with Gasteiger partial charge >= 0.3 is 5.97 Å². The first-order chi connectivity index (χ1) is 16.7. The van der Waals surface area contributed by atoms with Crippen molar-refractivity contribution >= 4 is 11.8 Å². The van der Waals surface area contributed by atoms with Gasteiger partial charge in [-0.05, 0) is 79.3 Å². The summed E-state index contributed by atoms with van der Waals surface area (Å²) in [5.41, 5.74) is -1.49. The lowest BCUT2D eigenvalue weighted by Crippen LogP contribution is -2.66. The smallest absolute Gasteiger partial charge is 0.335 e. The summed E-state index contributed by atoms with van der Waals surface area (Å²) in [5.74, 6) is -1.02. The molecule has 0 heterocycles. The number of aliphatic hydroxyl groups excluding tert-OH is 2. The van der Waals surface area contributed by atoms with Crippen LogP contribution in [0.5, 0.6) is 0 Å². The summed E-state index contributed by atoms with van der Waals surface area (Å²) < 4.78 is 6.13. The highest BCUT2D eigenvalue weighted by molar-refractivity contribution is 5.96. The number of hydrogen-bond acceptors (Lipinski definition) is 6. The van der Waals surface area contributed by atoms with E-state index in [2.05, 4.69) is 13.8 Å². The first-order valence-corrected chi connectivity index (χ1v) is 13.5. The summed E-state index contributed by atoms with van der Waals surface area (Å²) in [6, 6.07) is 0. The van der Waals surface area contributed by atoms with Crippen LogP contribution in [0.3, 0.4) is 0 Å². The van der Waals surface area contributed by atoms with Gasteiger partial charge in [-0.3, -0.25) is 4.79 Å². The molecule has 36 heavy (non-hydrogen) atoms. The van der Waals surface area contributed by atoms with Crippen LogP contribution in [0.2, 0.25) is 0 Å². The van der Waals surface area contributed by atoms with Crippen molar-refractivity contribution in [2.24, 2.45) is 39.9 Å². The molecule has 0 aromatic rings. The minimum absolute atomic E-state index is 0.0273. The predicted octanol–water partition coefficient (Wildman–Crippen LogP) is 3.89. The van der Waals surface area contributed by atoms with Gasteiger partial charge in [0.2, 0.25) is 0 Å². The second-order valence-corrected chi connectivity index (χ2v) is 13.5. The monoisotopic (exact) mass is 498 g/mol. The standard InChI is InChI=1S/C30H42O6/c1-15-9-8-10-27(4,5)21(15)26(34)36-25-16(2)13-29-17(3)11-20-22(28(20,6)7)19(24(29)33)12-18(14-31)23(32)30(25,29)35/h12-13,17,19-20,22-23,25,31-32,35H,8-11,14H2,1-7H3/t17-,19?,20-,22+,23-,25+,29+,30+/m1/s1. The third-order valence-electron chi connectivity index (χ3n) is 10.8. The zero-order valence-corrected chi connectivity index (χ0v) is 22.7. The van der Waals surface area contributed by atoms with Crippen molar-refractivity contribution in [3.05, 3.63) is 34.4 Å². The maximum atomic E-state index is 14.4. The third-order valence-corrected chi connectivity index (χ3v) is 10.8. The maximum absolute atomic E-state index is 14.4. The molecule has 8 atom stereocenters. The fourth-order valence-corrected chi connectivity index (χ4v) is 8.83. The summed E-state index contributed by atoms with van der Waals surface area (Å²) in [5, 5.41) is 34.5. The SMILES string of the molecule is CC1=C[C@]23C(=O)C(C=C(CO)[C@@H](O)[C@]2(O)[C@H]1OC(=O)C1=C(C)CCCC1(C)C)[C@H]1[C@@H](C[C@H]3C)C1(C)C. The summed E-state index contributed by atoms with van der Waals surface area (Å²) in [4.78, 5) is 28.1. The molecular formula is C30H42O6. The number of ketones is 1. The van der Waals surface area contributed by atoms with E-state index >= 15 is 0 Å². The number of rotatable bonds is 3. The van der Waals surface area contributed by atoms with E-state index in [0.29, 0.717) is 17.1 Å². The van der Waals surface area contributed by atoms with E-state index in [1.54, 1.807) is 19.1 Å². The maximum Gasteiger partial charge on any atom is 0.335 e. The number of aliphatic hydroxyl groups is 3. The second-order valence-electron chi connectivity index (χ2n) is 13.5. The molecule has 0 saturated heterocycles. The minimum atomic E-state index is -2.10. The molecule has 0 aromatic heterocycles. The van der Waals surface area contributed by atoms with Crippen molar-refractivity contribution in [2.45, 2.75) is 92.0 Å². The molecule has 0 amide bonds. The van der Waals surface area contributed by atoms with Gasteiger partial charge in [0.1, 0.15) is 6.10 Å². The lowest BCUT2D eigenvalue weighted by atomic mass is 9.59. The van der Waals surface area contributed by atoms with Crippen molar-refractivity contribution in [3.8, 4) is 0 Å². The van der Waals surface area contributed by atoms with Gasteiger partial charge in [-0.15, -0.1) is 0 Å². The normalized spacial score (nSPS) is 44.6. The van der Waals surface area contributed by atoms with Crippen LogP contribution < -0.4 is 0 Å². The topological polar surface area (TPSA) is 104 Å². The lowest BCUT2D eigenvalue weighted by Gasteiger charge is -2.49. The molecule has 6 nitrogen and oxygen atoms in total. The highest BCUT2D eigenvalue weighted by Crippen LogP contribution is 2.71. The van der Waals surface area contributed by atoms with Crippen molar-refractivity contribution in [3.63, 3.8) is 0 Å². The van der Waals surface area contributed by atoms with Crippen LogP contribution in [-0.4, -0.2) is 51.5 Å². The van der Waals surface area contributed by atoms with Gasteiger partial charge in [0.05, 0.1) is 12.0 Å². The molecule has 5 aliphatic rings. The summed E-state index contributed by atoms with van der Waals surface area (Å²) in [6.07, 6.45) is 4.16. The van der Waals surface area contributed by atoms with Crippen LogP contribution in [0.1, 0.15) is 74.1 Å². The van der Waals surface area contributed by atoms with Gasteiger partial charge in [-0.1, -0.05) is 52.3 Å². The number of hydrogen-bond donors (Lipinski definition) is 3. The van der Waals surface area contributed by atoms with Crippen molar-refractivity contribution in [1.82, 2.24) is 0 Å². The Morgan fingerprint density at radius 1 is 1.19 bits per heavy atom. The van der Waals surface area contributed by atoms with Crippen molar-refractivity contribution in [2.75, 3.05) is 6.61 Å². The van der Waals surface area contributed by atoms with Crippen LogP contribution >= 0.6 is 0 Å². The quantitative estimate of drug-likeness (QED) is 0.403. The van der Waals surface area contributed by atoms with Gasteiger partial charge in [0.15, 0.2) is 17.5 Å². The Hall–Kier alpha value is -1.76. The van der Waals surface area contributed by atoms with E-state index in [-0.39, 0.29) is 34.0 Å². The van der Waals surface area contributed by atoms with E-state index < -0.39 is 41.7 Å². The van der Waals surface area contributed by atoms with E-state index in [1.807, 2.05) is 27.7 Å². The first kappa shape index (κ1) is 25.9. The van der Waals surface area contributed by atoms with Crippen LogP contribution in [0, 0.1) is 39.9 Å². The number of fused-ring (bicyclic) bond motifs is 3. The number of carbonyl (C=O) groups excluding carboxylic acids is 2. The van der Waals surface area contributed by atoms with Gasteiger partial charge in [-0.2, -0.15) is 0 Å². The third kappa shape index (κ3) is 3.07. The van der Waals surface area contributed by atoms with E-state index in [4.69, 9.17) is 4.74 Å². The van der Waals surface area contributed by atoms with Crippen LogP contribution in [-0.2, 0) is 14.3 Å². The average molecular weight is 499 g/mol. The Balaban J connectivity index is 1.63. The molecule has 0 aliphatic heterocycles. The molecule has 1 unspecified atom stereocenters. The molecule has 2 bridgehead atoms. The number of allylic oxidation sites excluding steroid dienone is 2. The number of esters is 1. The van der Waals surface area contributed by atoms with Crippen molar-refractivity contribution < 1.29 is 29.6 Å². The molecule has 2 saturated carbocycles. The van der Waals surface area contributed by atoms with Gasteiger partial charge in [0, 0.05) is 11.5 Å². The van der Waals surface area contributed by atoms with Crippen LogP contribution in [0.15, 0.2) is 34.4 Å². The Bertz CT molecular complexity index is 1110. The molecule has 0 radical (unpaired) electrons. The predicted molar refractivity (Wildman–Crippen MR) is 136 cm³/mol. The fraction of sp³-hybridized carbons (Fsp3) is 0.733. The fourth-order valence-electron chi connectivity index (χ4n) is 8.83. The molecular weight excluding hydrogens is 456 g/mol. The summed E-state index contributed by atoms with van der Waals surface area (Å²) in [7, 11) is 0. The minimum Gasteiger partial charge on any atom is -0.451 e. The Morgan fingerprint density at radius 2 is 1.86 bits per heavy atom. The van der Waals surface area contributed by atoms with Gasteiger partial charge in [-0.25, -0.2) is 4.79 Å². The second kappa shape index (κ2) is 7.87. The number of Topliss-reactive ketones (excluding diaryl/α,β-unsaturated/α-hetero) is 1. The zero-order valence-electron chi connectivity index (χ0n) is 22.7. The van der Waals surface area contributed by atoms with Gasteiger partial charge in [0.25, 0.3) is 0 Å². The molecule has 5 aliphatic carbocycles. The molecule has 198 valence electrons. The number of carbonyl (C=O) groups is 2. The van der Waals surface area contributed by atoms with E-state index in [0.717, 1.165) is 31.3 Å². The molecule has 2 fully saturated rings. The molecule has 3 N–H and O–H groups in total.